The molecule has 4 rings (SSSR count). The molecule has 1 heterocycles. The van der Waals surface area contributed by atoms with Crippen LogP contribution in [0.1, 0.15) is 67.8 Å². The maximum atomic E-state index is 5.42. The van der Waals surface area contributed by atoms with E-state index in [1.165, 1.54) is 11.1 Å². The van der Waals surface area contributed by atoms with Crippen LogP contribution in [0.25, 0.3) is 16.6 Å². The minimum Gasteiger partial charge on any atom is -0.675 e. The second-order valence-electron chi connectivity index (χ2n) is 8.77. The first-order valence-corrected chi connectivity index (χ1v) is 11.4. The molecule has 0 fully saturated rings. The van der Waals surface area contributed by atoms with Crippen molar-refractivity contribution in [3.8, 4) is 11.3 Å². The quantitative estimate of drug-likeness (QED) is 0.148. The van der Waals surface area contributed by atoms with E-state index in [0.717, 1.165) is 28.1 Å². The van der Waals surface area contributed by atoms with E-state index in [-0.39, 0.29) is 46.7 Å². The Labute approximate surface area is 232 Å². The maximum Gasteiger partial charge on any atom is 4.00 e. The van der Waals surface area contributed by atoms with E-state index >= 15 is 0 Å². The first-order valence-electron chi connectivity index (χ1n) is 11.4. The van der Waals surface area contributed by atoms with Gasteiger partial charge in [-0.05, 0) is 23.6 Å². The van der Waals surface area contributed by atoms with Gasteiger partial charge in [0.2, 0.25) is 0 Å². The van der Waals surface area contributed by atoms with Gasteiger partial charge in [-0.2, -0.15) is 0 Å². The first kappa shape index (κ1) is 30.5. The topological polar surface area (TPSA) is 27.0 Å². The van der Waals surface area contributed by atoms with Gasteiger partial charge < -0.3 is 25.2 Å². The summed E-state index contributed by atoms with van der Waals surface area (Å²) in [5, 5.41) is 5.42. The summed E-state index contributed by atoms with van der Waals surface area (Å²) in [7, 11) is 0. The first-order chi connectivity index (χ1) is 15.5. The maximum absolute atomic E-state index is 5.42. The molecule has 178 valence electrons. The molecule has 1 unspecified atom stereocenters. The molecule has 0 spiro atoms. The van der Waals surface area contributed by atoms with Crippen molar-refractivity contribution >= 4 is 5.69 Å². The smallest absolute Gasteiger partial charge is 0.675 e. The molecule has 0 amide bonds. The molecule has 0 aliphatic heterocycles. The van der Waals surface area contributed by atoms with Crippen LogP contribution in [0.3, 0.4) is 0 Å². The Morgan fingerprint density at radius 1 is 0.686 bits per heavy atom. The average molecular weight is 627 g/mol. The van der Waals surface area contributed by atoms with Gasteiger partial charge in [0, 0.05) is 6.20 Å². The molecule has 35 heavy (non-hydrogen) atoms. The molecular formula is C32H36HfN2. The fraction of sp³-hybridized carbons (Fsp3) is 0.219. The molecule has 1 atom stereocenters. The van der Waals surface area contributed by atoms with Crippen LogP contribution >= 0.6 is 0 Å². The SMILES string of the molecule is CC(C)c1cccc(C(C)C)c1[N-]C(c1[c-]c(-c2ccccn2)ccc1)c1ccccc1.[CH3-].[CH3-].[Hf+4]. The van der Waals surface area contributed by atoms with Crippen molar-refractivity contribution in [2.75, 3.05) is 0 Å². The normalized spacial score (nSPS) is 11.1. The molecule has 0 saturated carbocycles. The van der Waals surface area contributed by atoms with E-state index < -0.39 is 0 Å². The number of benzene rings is 3. The second-order valence-corrected chi connectivity index (χ2v) is 8.77. The summed E-state index contributed by atoms with van der Waals surface area (Å²) < 4.78 is 0. The Balaban J connectivity index is 0.00000204. The minimum atomic E-state index is -0.141. The van der Waals surface area contributed by atoms with E-state index in [9.17, 15) is 0 Å². The standard InChI is InChI=1S/C30H30N2.2CH3.Hf/c1-21(2)26-16-11-17-27(22(3)4)30(26)32-29(23-12-6-5-7-13-23)25-15-10-14-24(20-25)28-18-8-9-19-31-28;;;/h5-19,21-22,29H,1-4H3;2*1H3;/q-2;2*-1;+4. The van der Waals surface area contributed by atoms with Crippen LogP contribution in [-0.2, 0) is 25.8 Å². The van der Waals surface area contributed by atoms with Crippen LogP contribution < -0.4 is 0 Å². The Kier molecular flexibility index (Phi) is 12.3. The van der Waals surface area contributed by atoms with E-state index in [0.29, 0.717) is 11.8 Å². The second kappa shape index (κ2) is 14.1. The Bertz CT molecular complexity index is 1130. The van der Waals surface area contributed by atoms with Gasteiger partial charge in [0.05, 0.1) is 0 Å². The van der Waals surface area contributed by atoms with Crippen molar-refractivity contribution in [2.45, 2.75) is 45.6 Å². The Morgan fingerprint density at radius 2 is 1.29 bits per heavy atom. The van der Waals surface area contributed by atoms with Crippen molar-refractivity contribution in [1.82, 2.24) is 4.98 Å². The van der Waals surface area contributed by atoms with Gasteiger partial charge in [-0.15, -0.1) is 41.1 Å². The number of para-hydroxylation sites is 1. The summed E-state index contributed by atoms with van der Waals surface area (Å²) >= 11 is 0. The number of hydrogen-bond donors (Lipinski definition) is 0. The fourth-order valence-corrected chi connectivity index (χ4v) is 4.07. The van der Waals surface area contributed by atoms with E-state index in [1.54, 1.807) is 0 Å². The molecule has 4 aromatic rings. The summed E-state index contributed by atoms with van der Waals surface area (Å²) in [6, 6.07) is 32.8. The molecule has 0 aliphatic carbocycles. The van der Waals surface area contributed by atoms with Gasteiger partial charge in [-0.3, -0.25) is 0 Å². The molecule has 3 heteroatoms. The van der Waals surface area contributed by atoms with E-state index in [4.69, 9.17) is 5.32 Å². The minimum absolute atomic E-state index is 0. The Hall–Kier alpha value is -2.52. The number of aromatic nitrogens is 1. The van der Waals surface area contributed by atoms with Gasteiger partial charge in [-0.25, -0.2) is 0 Å². The average Bonchev–Trinajstić information content (AvgIpc) is 2.83. The van der Waals surface area contributed by atoms with Gasteiger partial charge >= 0.3 is 25.8 Å². The predicted octanol–water partition coefficient (Wildman–Crippen LogP) is 9.49. The third kappa shape index (κ3) is 7.24. The molecule has 0 saturated heterocycles. The molecular weight excluding hydrogens is 591 g/mol. The van der Waals surface area contributed by atoms with Crippen LogP contribution in [0, 0.1) is 20.9 Å². The molecule has 0 aliphatic rings. The van der Waals surface area contributed by atoms with E-state index in [2.05, 4.69) is 105 Å². The molecule has 2 nitrogen and oxygen atoms in total. The number of pyridine rings is 1. The van der Waals surface area contributed by atoms with Crippen LogP contribution in [0.5, 0.6) is 0 Å². The summed E-state index contributed by atoms with van der Waals surface area (Å²) in [6.07, 6.45) is 1.82. The van der Waals surface area contributed by atoms with Gasteiger partial charge in [0.15, 0.2) is 0 Å². The molecule has 0 bridgehead atoms. The van der Waals surface area contributed by atoms with Crippen molar-refractivity contribution in [3.63, 3.8) is 0 Å². The largest absolute Gasteiger partial charge is 4.00 e. The number of hydrogen-bond acceptors (Lipinski definition) is 1. The van der Waals surface area contributed by atoms with Crippen LogP contribution in [0.4, 0.5) is 5.69 Å². The number of nitrogens with zero attached hydrogens (tertiary/aromatic N) is 2. The summed E-state index contributed by atoms with van der Waals surface area (Å²) in [6.45, 7) is 8.96. The Morgan fingerprint density at radius 3 is 1.86 bits per heavy atom. The monoisotopic (exact) mass is 628 g/mol. The van der Waals surface area contributed by atoms with Gasteiger partial charge in [0.25, 0.3) is 0 Å². The molecule has 0 radical (unpaired) electrons. The van der Waals surface area contributed by atoms with Crippen molar-refractivity contribution in [1.29, 1.82) is 0 Å². The summed E-state index contributed by atoms with van der Waals surface area (Å²) in [4.78, 5) is 4.52. The number of rotatable bonds is 7. The molecule has 0 N–H and O–H groups in total. The van der Waals surface area contributed by atoms with Crippen molar-refractivity contribution in [2.24, 2.45) is 0 Å². The molecule has 1 aromatic heterocycles. The van der Waals surface area contributed by atoms with Crippen LogP contribution in [0.2, 0.25) is 0 Å². The predicted molar refractivity (Wildman–Crippen MR) is 147 cm³/mol. The fourth-order valence-electron chi connectivity index (χ4n) is 4.07. The van der Waals surface area contributed by atoms with Crippen LogP contribution in [0.15, 0.2) is 91.1 Å². The third-order valence-electron chi connectivity index (χ3n) is 5.77. The van der Waals surface area contributed by atoms with Crippen molar-refractivity contribution < 1.29 is 25.8 Å². The van der Waals surface area contributed by atoms with E-state index in [1.807, 2.05) is 24.4 Å². The molecule has 3 aromatic carbocycles. The zero-order valence-electron chi connectivity index (χ0n) is 21.8. The summed E-state index contributed by atoms with van der Waals surface area (Å²) in [5.41, 5.74) is 7.81. The third-order valence-corrected chi connectivity index (χ3v) is 5.77. The van der Waals surface area contributed by atoms with Gasteiger partial charge in [0.1, 0.15) is 0 Å². The zero-order valence-corrected chi connectivity index (χ0v) is 25.4. The summed E-state index contributed by atoms with van der Waals surface area (Å²) in [5.74, 6) is 0.792. The van der Waals surface area contributed by atoms with Gasteiger partial charge in [-0.1, -0.05) is 111 Å². The zero-order chi connectivity index (χ0) is 22.5. The van der Waals surface area contributed by atoms with Crippen LogP contribution in [-0.4, -0.2) is 4.98 Å². The van der Waals surface area contributed by atoms with Crippen molar-refractivity contribution in [3.05, 3.63) is 140 Å².